The van der Waals surface area contributed by atoms with Gasteiger partial charge < -0.3 is 14.8 Å². The number of aromatic nitrogens is 2. The van der Waals surface area contributed by atoms with Crippen LogP contribution in [0.4, 0.5) is 18.0 Å². The van der Waals surface area contributed by atoms with E-state index in [1.54, 1.807) is 18.2 Å². The summed E-state index contributed by atoms with van der Waals surface area (Å²) >= 11 is 0. The molecule has 1 N–H and O–H groups in total. The van der Waals surface area contributed by atoms with Crippen LogP contribution in [-0.2, 0) is 10.9 Å². The molecule has 0 aliphatic rings. The molecule has 1 aromatic heterocycles. The highest BCUT2D eigenvalue weighted by Crippen LogP contribution is 2.29. The van der Waals surface area contributed by atoms with Crippen LogP contribution >= 0.6 is 0 Å². The van der Waals surface area contributed by atoms with Crippen molar-refractivity contribution in [3.8, 4) is 17.0 Å². The van der Waals surface area contributed by atoms with Crippen LogP contribution in [0.1, 0.15) is 52.4 Å². The number of amides is 1. The van der Waals surface area contributed by atoms with Crippen molar-refractivity contribution in [1.29, 1.82) is 0 Å². The Hall–Kier alpha value is -2.84. The molecule has 1 heterocycles. The van der Waals surface area contributed by atoms with Crippen molar-refractivity contribution in [3.05, 3.63) is 41.9 Å². The third-order valence-electron chi connectivity index (χ3n) is 4.70. The Morgan fingerprint density at radius 2 is 1.82 bits per heavy atom. The summed E-state index contributed by atoms with van der Waals surface area (Å²) in [5.74, 6) is -0.0341. The Balaban J connectivity index is 1.88. The summed E-state index contributed by atoms with van der Waals surface area (Å²) in [6.07, 6.45) is -3.08. The van der Waals surface area contributed by atoms with Crippen molar-refractivity contribution >= 4 is 6.09 Å². The highest BCUT2D eigenvalue weighted by atomic mass is 19.4. The lowest BCUT2D eigenvalue weighted by Crippen LogP contribution is -2.35. The van der Waals surface area contributed by atoms with Gasteiger partial charge in [0.1, 0.15) is 11.4 Å². The lowest BCUT2D eigenvalue weighted by atomic mass is 9.98. The molecule has 1 amide bonds. The normalized spacial score (nSPS) is 13.8. The van der Waals surface area contributed by atoms with E-state index in [4.69, 9.17) is 9.47 Å². The lowest BCUT2D eigenvalue weighted by Gasteiger charge is -2.22. The number of rotatable bonds is 8. The van der Waals surface area contributed by atoms with E-state index in [2.05, 4.69) is 22.2 Å². The Bertz CT molecular complexity index is 943. The largest absolute Gasteiger partial charge is 0.493 e. The lowest BCUT2D eigenvalue weighted by molar-refractivity contribution is -0.144. The molecule has 0 aliphatic heterocycles. The summed E-state index contributed by atoms with van der Waals surface area (Å²) < 4.78 is 49.8. The standard InChI is InChI=1S/C24H32F3N3O3/c1-15(13-29-22(31)33-23(4,5)6)11-16(2)14-32-20-8-7-18(12-17(20)3)19-9-10-28-21(30-19)24(25,26)27/h7-10,12,15-16H,11,13-14H2,1-6H3,(H,29,31)/t15?,16-/m1/s1. The fourth-order valence-corrected chi connectivity index (χ4v) is 3.27. The maximum atomic E-state index is 12.9. The van der Waals surface area contributed by atoms with E-state index in [1.165, 1.54) is 6.07 Å². The second-order valence-corrected chi connectivity index (χ2v) is 9.38. The molecule has 0 saturated carbocycles. The van der Waals surface area contributed by atoms with Gasteiger partial charge in [0.25, 0.3) is 0 Å². The highest BCUT2D eigenvalue weighted by Gasteiger charge is 2.34. The molecule has 1 aromatic carbocycles. The zero-order valence-electron chi connectivity index (χ0n) is 19.9. The quantitative estimate of drug-likeness (QED) is 0.513. The second kappa shape index (κ2) is 10.9. The van der Waals surface area contributed by atoms with E-state index in [9.17, 15) is 18.0 Å². The first-order valence-corrected chi connectivity index (χ1v) is 10.9. The maximum absolute atomic E-state index is 12.9. The summed E-state index contributed by atoms with van der Waals surface area (Å²) in [6.45, 7) is 12.4. The molecular weight excluding hydrogens is 435 g/mol. The van der Waals surface area contributed by atoms with Crippen LogP contribution in [0, 0.1) is 18.8 Å². The number of benzene rings is 1. The van der Waals surface area contributed by atoms with Gasteiger partial charge in [-0.15, -0.1) is 0 Å². The van der Waals surface area contributed by atoms with Crippen LogP contribution in [-0.4, -0.2) is 34.8 Å². The molecule has 0 spiro atoms. The van der Waals surface area contributed by atoms with E-state index >= 15 is 0 Å². The zero-order chi connectivity index (χ0) is 24.8. The Kier molecular flexibility index (Phi) is 8.69. The monoisotopic (exact) mass is 467 g/mol. The SMILES string of the molecule is Cc1cc(-c2ccnc(C(F)(F)F)n2)ccc1OC[C@H](C)CC(C)CNC(=O)OC(C)(C)C. The summed E-state index contributed by atoms with van der Waals surface area (Å²) in [4.78, 5) is 18.7. The molecule has 9 heteroatoms. The van der Waals surface area contributed by atoms with Crippen molar-refractivity contribution in [3.63, 3.8) is 0 Å². The Morgan fingerprint density at radius 1 is 1.12 bits per heavy atom. The van der Waals surface area contributed by atoms with Crippen molar-refractivity contribution in [2.45, 2.75) is 59.7 Å². The fraction of sp³-hybridized carbons (Fsp3) is 0.542. The summed E-state index contributed by atoms with van der Waals surface area (Å²) in [6, 6.07) is 6.61. The number of ether oxygens (including phenoxy) is 2. The van der Waals surface area contributed by atoms with Crippen LogP contribution < -0.4 is 10.1 Å². The smallest absolute Gasteiger partial charge is 0.451 e. The molecule has 2 atom stereocenters. The van der Waals surface area contributed by atoms with Crippen molar-refractivity contribution < 1.29 is 27.4 Å². The van der Waals surface area contributed by atoms with E-state index in [1.807, 2.05) is 34.6 Å². The third kappa shape index (κ3) is 8.90. The van der Waals surface area contributed by atoms with Crippen LogP contribution in [0.5, 0.6) is 5.75 Å². The molecule has 1 unspecified atom stereocenters. The number of nitrogens with one attached hydrogen (secondary N) is 1. The first-order chi connectivity index (χ1) is 15.2. The third-order valence-corrected chi connectivity index (χ3v) is 4.70. The van der Waals surface area contributed by atoms with Gasteiger partial charge in [-0.3, -0.25) is 0 Å². The van der Waals surface area contributed by atoms with Gasteiger partial charge in [0, 0.05) is 18.3 Å². The van der Waals surface area contributed by atoms with Gasteiger partial charge >= 0.3 is 12.3 Å². The van der Waals surface area contributed by atoms with Gasteiger partial charge in [0.15, 0.2) is 0 Å². The summed E-state index contributed by atoms with van der Waals surface area (Å²) in [5.41, 5.74) is 1.02. The molecule has 2 rings (SSSR count). The molecule has 0 aliphatic carbocycles. The van der Waals surface area contributed by atoms with Gasteiger partial charge in [-0.1, -0.05) is 13.8 Å². The minimum Gasteiger partial charge on any atom is -0.493 e. The Labute approximate surface area is 192 Å². The van der Waals surface area contributed by atoms with E-state index in [0.717, 1.165) is 18.2 Å². The molecule has 33 heavy (non-hydrogen) atoms. The number of hydrogen-bond acceptors (Lipinski definition) is 5. The number of carbonyl (C=O) groups excluding carboxylic acids is 1. The van der Waals surface area contributed by atoms with Crippen LogP contribution in [0.25, 0.3) is 11.3 Å². The van der Waals surface area contributed by atoms with Crippen molar-refractivity contribution in [2.75, 3.05) is 13.2 Å². The van der Waals surface area contributed by atoms with Gasteiger partial charge in [-0.05, 0) is 75.8 Å². The minimum absolute atomic E-state index is 0.201. The van der Waals surface area contributed by atoms with Crippen molar-refractivity contribution in [2.24, 2.45) is 11.8 Å². The Morgan fingerprint density at radius 3 is 2.42 bits per heavy atom. The van der Waals surface area contributed by atoms with Crippen molar-refractivity contribution in [1.82, 2.24) is 15.3 Å². The van der Waals surface area contributed by atoms with Gasteiger partial charge in [0.2, 0.25) is 5.82 Å². The van der Waals surface area contributed by atoms with Crippen LogP contribution in [0.15, 0.2) is 30.5 Å². The predicted molar refractivity (Wildman–Crippen MR) is 120 cm³/mol. The molecule has 2 aromatic rings. The number of alkyl carbamates (subject to hydrolysis) is 1. The summed E-state index contributed by atoms with van der Waals surface area (Å²) in [5, 5.41) is 2.78. The number of nitrogens with zero attached hydrogens (tertiary/aromatic N) is 2. The maximum Gasteiger partial charge on any atom is 0.451 e. The van der Waals surface area contributed by atoms with E-state index in [0.29, 0.717) is 24.5 Å². The number of hydrogen-bond donors (Lipinski definition) is 1. The molecule has 0 fully saturated rings. The number of aryl methyl sites for hydroxylation is 1. The van der Waals surface area contributed by atoms with E-state index < -0.39 is 23.7 Å². The second-order valence-electron chi connectivity index (χ2n) is 9.38. The predicted octanol–water partition coefficient (Wildman–Crippen LogP) is 6.04. The zero-order valence-corrected chi connectivity index (χ0v) is 19.9. The average molecular weight is 468 g/mol. The highest BCUT2D eigenvalue weighted by molar-refractivity contribution is 5.67. The number of carbonyl (C=O) groups is 1. The number of alkyl halides is 3. The minimum atomic E-state index is -4.59. The molecule has 182 valence electrons. The summed E-state index contributed by atoms with van der Waals surface area (Å²) in [7, 11) is 0. The van der Waals surface area contributed by atoms with Crippen LogP contribution in [0.2, 0.25) is 0 Å². The van der Waals surface area contributed by atoms with Crippen LogP contribution in [0.3, 0.4) is 0 Å². The molecule has 0 saturated heterocycles. The topological polar surface area (TPSA) is 73.3 Å². The first kappa shape index (κ1) is 26.4. The van der Waals surface area contributed by atoms with E-state index in [-0.39, 0.29) is 17.5 Å². The average Bonchev–Trinajstić information content (AvgIpc) is 2.69. The molecule has 0 bridgehead atoms. The molecule has 0 radical (unpaired) electrons. The first-order valence-electron chi connectivity index (χ1n) is 10.9. The fourth-order valence-electron chi connectivity index (χ4n) is 3.27. The molecular formula is C24H32F3N3O3. The number of halogens is 3. The van der Waals surface area contributed by atoms with Gasteiger partial charge in [-0.25, -0.2) is 14.8 Å². The van der Waals surface area contributed by atoms with Gasteiger partial charge in [0.05, 0.1) is 12.3 Å². The van der Waals surface area contributed by atoms with Gasteiger partial charge in [-0.2, -0.15) is 13.2 Å². The molecule has 6 nitrogen and oxygen atoms in total.